The third kappa shape index (κ3) is 2.28. The molecule has 4 aromatic carbocycles. The molecule has 8 rings (SSSR count). The van der Waals surface area contributed by atoms with Crippen LogP contribution in [0.2, 0.25) is 0 Å². The van der Waals surface area contributed by atoms with Gasteiger partial charge in [-0.3, -0.25) is 0 Å². The molecule has 4 heteroatoms. The summed E-state index contributed by atoms with van der Waals surface area (Å²) in [6, 6.07) is 24.1. The number of rotatable bonds is 0. The minimum atomic E-state index is 0.395. The Morgan fingerprint density at radius 1 is 0.533 bits per heavy atom. The maximum atomic E-state index is 2.48. The van der Waals surface area contributed by atoms with Crippen LogP contribution in [-0.2, 0) is 0 Å². The summed E-state index contributed by atoms with van der Waals surface area (Å²) in [5.41, 5.74) is 0. The van der Waals surface area contributed by atoms with Gasteiger partial charge in [-0.1, -0.05) is 0 Å². The van der Waals surface area contributed by atoms with Gasteiger partial charge in [-0.15, -0.1) is 0 Å². The summed E-state index contributed by atoms with van der Waals surface area (Å²) in [6.45, 7) is 0. The molecule has 0 fully saturated rings. The Labute approximate surface area is 193 Å². The average Bonchev–Trinajstić information content (AvgIpc) is 3.51. The number of benzene rings is 4. The van der Waals surface area contributed by atoms with Crippen LogP contribution in [0.15, 0.2) is 70.5 Å². The van der Waals surface area contributed by atoms with Crippen molar-refractivity contribution in [1.29, 1.82) is 0 Å². The van der Waals surface area contributed by atoms with E-state index in [-0.39, 0.29) is 0 Å². The van der Waals surface area contributed by atoms with Gasteiger partial charge in [-0.25, -0.2) is 0 Å². The molecular weight excluding hydrogens is 581 g/mol. The Morgan fingerprint density at radius 3 is 1.87 bits per heavy atom. The van der Waals surface area contributed by atoms with E-state index >= 15 is 0 Å². The van der Waals surface area contributed by atoms with Gasteiger partial charge in [-0.05, 0) is 0 Å². The Bertz CT molecular complexity index is 1810. The predicted molar refractivity (Wildman–Crippen MR) is 138 cm³/mol. The van der Waals surface area contributed by atoms with E-state index in [0.29, 0.717) is 43.5 Å². The molecule has 0 spiro atoms. The van der Waals surface area contributed by atoms with Crippen molar-refractivity contribution in [3.8, 4) is 0 Å². The van der Waals surface area contributed by atoms with Crippen molar-refractivity contribution in [1.82, 2.24) is 0 Å². The molecule has 0 nitrogen and oxygen atoms in total. The Balaban J connectivity index is 1.49. The number of fused-ring (bicyclic) bond motifs is 9. The maximum absolute atomic E-state index is 2.48. The summed E-state index contributed by atoms with van der Waals surface area (Å²) in [5, 5.41) is 11.5. The molecule has 30 heavy (non-hydrogen) atoms. The zero-order valence-electron chi connectivity index (χ0n) is 15.6. The van der Waals surface area contributed by atoms with Crippen molar-refractivity contribution in [2.24, 2.45) is 0 Å². The summed E-state index contributed by atoms with van der Waals surface area (Å²) >= 11 is 3.41. The minimum absolute atomic E-state index is 0.395. The van der Waals surface area contributed by atoms with Crippen LogP contribution < -0.4 is 0 Å². The summed E-state index contributed by atoms with van der Waals surface area (Å²) in [7, 11) is 0. The molecule has 0 unspecified atom stereocenters. The van der Waals surface area contributed by atoms with Crippen LogP contribution in [0, 0.1) is 0 Å². The molecule has 0 atom stereocenters. The van der Waals surface area contributed by atoms with E-state index < -0.39 is 0 Å². The van der Waals surface area contributed by atoms with Gasteiger partial charge >= 0.3 is 195 Å². The quantitative estimate of drug-likeness (QED) is 0.166. The van der Waals surface area contributed by atoms with Gasteiger partial charge in [0.25, 0.3) is 0 Å². The Hall–Kier alpha value is -1.60. The molecule has 0 bridgehead atoms. The van der Waals surface area contributed by atoms with Crippen molar-refractivity contribution in [2.75, 3.05) is 0 Å². The molecule has 0 amide bonds. The predicted octanol–water partition coefficient (Wildman–Crippen LogP) is 6.99. The Morgan fingerprint density at radius 2 is 1.13 bits per heavy atom. The van der Waals surface area contributed by atoms with E-state index in [1.807, 2.05) is 11.3 Å². The van der Waals surface area contributed by atoms with Gasteiger partial charge in [0.2, 0.25) is 0 Å². The molecule has 4 aromatic heterocycles. The van der Waals surface area contributed by atoms with Crippen molar-refractivity contribution in [3.05, 3.63) is 70.5 Å². The third-order valence-electron chi connectivity index (χ3n) is 6.14. The van der Waals surface area contributed by atoms with Crippen LogP contribution in [0.5, 0.6) is 0 Å². The first kappa shape index (κ1) is 17.0. The summed E-state index contributed by atoms with van der Waals surface area (Å²) in [6.07, 6.45) is 0. The van der Waals surface area contributed by atoms with Crippen molar-refractivity contribution >= 4 is 124 Å². The van der Waals surface area contributed by atoms with E-state index in [9.17, 15) is 0 Å². The molecule has 140 valence electrons. The number of hydrogen-bond acceptors (Lipinski definition) is 1. The van der Waals surface area contributed by atoms with Crippen LogP contribution in [-0.4, -0.2) is 43.5 Å². The second-order valence-corrected chi connectivity index (χ2v) is 15.1. The molecule has 4 heterocycles. The molecule has 0 N–H and O–H groups in total. The zero-order valence-corrected chi connectivity index (χ0v) is 21.5. The second kappa shape index (κ2) is 6.00. The molecule has 0 aliphatic heterocycles. The normalized spacial score (nSPS) is 12.7. The Kier molecular flexibility index (Phi) is 3.40. The first-order valence-electron chi connectivity index (χ1n) is 9.81. The van der Waals surface area contributed by atoms with Crippen LogP contribution in [0.1, 0.15) is 0 Å². The summed E-state index contributed by atoms with van der Waals surface area (Å²) < 4.78 is 9.21. The van der Waals surface area contributed by atoms with Crippen molar-refractivity contribution < 1.29 is 0 Å². The van der Waals surface area contributed by atoms with Gasteiger partial charge < -0.3 is 0 Å². The number of hydrogen-bond donors (Lipinski definition) is 0. The van der Waals surface area contributed by atoms with E-state index in [2.05, 4.69) is 70.5 Å². The van der Waals surface area contributed by atoms with Gasteiger partial charge in [0, 0.05) is 0 Å². The molecule has 8 aromatic rings. The molecular formula is C26H12SSe3. The van der Waals surface area contributed by atoms with Crippen LogP contribution >= 0.6 is 11.3 Å². The van der Waals surface area contributed by atoms with Crippen LogP contribution in [0.4, 0.5) is 0 Å². The average molecular weight is 593 g/mol. The molecule has 0 saturated carbocycles. The second-order valence-electron chi connectivity index (χ2n) is 7.87. The van der Waals surface area contributed by atoms with Crippen LogP contribution in [0.3, 0.4) is 0 Å². The van der Waals surface area contributed by atoms with Gasteiger partial charge in [0.15, 0.2) is 0 Å². The first-order chi connectivity index (χ1) is 14.8. The molecule has 0 aliphatic rings. The number of thiophene rings is 1. The van der Waals surface area contributed by atoms with Gasteiger partial charge in [0.05, 0.1) is 0 Å². The standard InChI is InChI=1S/C26H12SSe3/c1-3-28-22-10-17-7-19-21(9-15(17)5-13(1)22)27-25-20-8-18-11-23-14(2-4-29-23)6-16(18)12-24(20)30-26(19)25/h1-12H. The van der Waals surface area contributed by atoms with Crippen molar-refractivity contribution in [2.45, 2.75) is 0 Å². The van der Waals surface area contributed by atoms with Gasteiger partial charge in [0.1, 0.15) is 0 Å². The van der Waals surface area contributed by atoms with Crippen LogP contribution in [0.25, 0.3) is 69.5 Å². The SMILES string of the molecule is c1cc2cc3cc4[se]c5c6cc7cc8[se]ccc8cc7cc6sc5c4cc3cc2[se]1. The monoisotopic (exact) mass is 596 g/mol. The van der Waals surface area contributed by atoms with Gasteiger partial charge in [-0.2, -0.15) is 0 Å². The fourth-order valence-corrected chi connectivity index (χ4v) is 12.5. The fourth-order valence-electron chi connectivity index (χ4n) is 4.67. The van der Waals surface area contributed by atoms with E-state index in [0.717, 1.165) is 0 Å². The zero-order chi connectivity index (χ0) is 19.4. The summed E-state index contributed by atoms with van der Waals surface area (Å²) in [4.78, 5) is 4.68. The third-order valence-corrected chi connectivity index (χ3v) is 13.8. The first-order valence-corrected chi connectivity index (χ1v) is 16.0. The fraction of sp³-hybridized carbons (Fsp3) is 0. The molecule has 0 radical (unpaired) electrons. The van der Waals surface area contributed by atoms with E-state index in [1.54, 1.807) is 8.52 Å². The topological polar surface area (TPSA) is 0 Å². The molecule has 0 saturated heterocycles. The van der Waals surface area contributed by atoms with E-state index in [4.69, 9.17) is 0 Å². The van der Waals surface area contributed by atoms with Crippen molar-refractivity contribution in [3.63, 3.8) is 0 Å². The van der Waals surface area contributed by atoms with E-state index in [1.165, 1.54) is 61.0 Å². The summed E-state index contributed by atoms with van der Waals surface area (Å²) in [5.74, 6) is 0. The molecule has 0 aliphatic carbocycles.